The number of nitrogen functional groups attached to an aromatic ring is 1. The SMILES string of the molecule is C[C@H](Sc1nnc(C2CC2)n1N)C(=O)N1c2ccccc2C[C@H]1C. The molecule has 1 saturated carbocycles. The number of rotatable bonds is 4. The van der Waals surface area contributed by atoms with Crippen LogP contribution in [0.3, 0.4) is 0 Å². The molecule has 2 heterocycles. The van der Waals surface area contributed by atoms with Gasteiger partial charge in [0, 0.05) is 17.6 Å². The third-order valence-electron chi connectivity index (χ3n) is 4.71. The Hall–Kier alpha value is -2.02. The highest BCUT2D eigenvalue weighted by molar-refractivity contribution is 8.00. The van der Waals surface area contributed by atoms with E-state index in [0.29, 0.717) is 11.1 Å². The minimum absolute atomic E-state index is 0.0911. The van der Waals surface area contributed by atoms with Crippen molar-refractivity contribution in [3.8, 4) is 0 Å². The zero-order chi connectivity index (χ0) is 16.8. The molecule has 4 rings (SSSR count). The highest BCUT2D eigenvalue weighted by Gasteiger charge is 2.35. The second-order valence-electron chi connectivity index (χ2n) is 6.64. The Balaban J connectivity index is 1.52. The number of aromatic nitrogens is 3. The van der Waals surface area contributed by atoms with Crippen molar-refractivity contribution in [3.63, 3.8) is 0 Å². The molecule has 0 radical (unpaired) electrons. The van der Waals surface area contributed by atoms with E-state index in [1.165, 1.54) is 17.3 Å². The summed E-state index contributed by atoms with van der Waals surface area (Å²) in [6.07, 6.45) is 3.14. The zero-order valence-electron chi connectivity index (χ0n) is 13.8. The number of thioether (sulfide) groups is 1. The molecule has 126 valence electrons. The number of hydrogen-bond acceptors (Lipinski definition) is 5. The van der Waals surface area contributed by atoms with Crippen LogP contribution in [0.15, 0.2) is 29.4 Å². The van der Waals surface area contributed by atoms with Gasteiger partial charge in [0.25, 0.3) is 0 Å². The first-order valence-corrected chi connectivity index (χ1v) is 9.22. The monoisotopic (exact) mass is 343 g/mol. The number of benzene rings is 1. The third-order valence-corrected chi connectivity index (χ3v) is 5.75. The standard InChI is InChI=1S/C17H21N5OS/c1-10-9-13-5-3-4-6-14(13)21(10)16(23)11(2)24-17-20-19-15(22(17)18)12-7-8-12/h3-6,10-12H,7-9,18H2,1-2H3/t10-,11+/m1/s1. The first-order valence-electron chi connectivity index (χ1n) is 8.34. The molecule has 1 aliphatic carbocycles. The van der Waals surface area contributed by atoms with Crippen LogP contribution in [0.5, 0.6) is 0 Å². The third kappa shape index (κ3) is 2.56. The van der Waals surface area contributed by atoms with Gasteiger partial charge in [-0.05, 0) is 44.7 Å². The summed E-state index contributed by atoms with van der Waals surface area (Å²) in [5.41, 5.74) is 2.25. The van der Waals surface area contributed by atoms with Crippen LogP contribution in [0.25, 0.3) is 0 Å². The van der Waals surface area contributed by atoms with Crippen molar-refractivity contribution in [1.82, 2.24) is 14.9 Å². The Morgan fingerprint density at radius 3 is 2.83 bits per heavy atom. The highest BCUT2D eigenvalue weighted by atomic mass is 32.2. The van der Waals surface area contributed by atoms with Crippen LogP contribution in [0.4, 0.5) is 5.69 Å². The van der Waals surface area contributed by atoms with Crippen molar-refractivity contribution in [2.45, 2.75) is 55.5 Å². The number of hydrogen-bond donors (Lipinski definition) is 1. The first-order chi connectivity index (χ1) is 11.6. The predicted octanol–water partition coefficient (Wildman–Crippen LogP) is 2.33. The van der Waals surface area contributed by atoms with E-state index in [4.69, 9.17) is 5.84 Å². The van der Waals surface area contributed by atoms with Crippen LogP contribution in [-0.2, 0) is 11.2 Å². The van der Waals surface area contributed by atoms with Gasteiger partial charge >= 0.3 is 0 Å². The fraction of sp³-hybridized carbons (Fsp3) is 0.471. The zero-order valence-corrected chi connectivity index (χ0v) is 14.7. The molecular formula is C17H21N5OS. The Bertz CT molecular complexity index is 785. The fourth-order valence-corrected chi connectivity index (χ4v) is 4.12. The molecule has 6 nitrogen and oxygen atoms in total. The largest absolute Gasteiger partial charge is 0.336 e. The van der Waals surface area contributed by atoms with Gasteiger partial charge in [-0.15, -0.1) is 10.2 Å². The summed E-state index contributed by atoms with van der Waals surface area (Å²) in [5, 5.41) is 8.69. The van der Waals surface area contributed by atoms with E-state index in [1.54, 1.807) is 4.68 Å². The Morgan fingerprint density at radius 2 is 2.08 bits per heavy atom. The predicted molar refractivity (Wildman–Crippen MR) is 94.6 cm³/mol. The van der Waals surface area contributed by atoms with Crippen molar-refractivity contribution in [2.24, 2.45) is 0 Å². The fourth-order valence-electron chi connectivity index (χ4n) is 3.29. The summed E-state index contributed by atoms with van der Waals surface area (Å²) in [4.78, 5) is 14.9. The molecule has 2 aromatic rings. The number of fused-ring (bicyclic) bond motifs is 1. The second kappa shape index (κ2) is 5.81. The molecule has 1 amide bonds. The van der Waals surface area contributed by atoms with Crippen molar-refractivity contribution in [2.75, 3.05) is 10.7 Å². The van der Waals surface area contributed by atoms with E-state index in [2.05, 4.69) is 23.2 Å². The average Bonchev–Trinajstić information content (AvgIpc) is 3.26. The van der Waals surface area contributed by atoms with Crippen molar-refractivity contribution < 1.29 is 4.79 Å². The van der Waals surface area contributed by atoms with Crippen LogP contribution >= 0.6 is 11.8 Å². The normalized spacial score (nSPS) is 20.9. The summed E-state index contributed by atoms with van der Waals surface area (Å²) in [6.45, 7) is 4.00. The Labute approximate surface area is 145 Å². The van der Waals surface area contributed by atoms with E-state index in [0.717, 1.165) is 30.8 Å². The Kier molecular flexibility index (Phi) is 3.75. The molecule has 1 aromatic heterocycles. The van der Waals surface area contributed by atoms with Crippen LogP contribution < -0.4 is 10.7 Å². The van der Waals surface area contributed by atoms with Gasteiger partial charge in [-0.2, -0.15) is 0 Å². The average molecular weight is 343 g/mol. The van der Waals surface area contributed by atoms with Gasteiger partial charge in [0.1, 0.15) is 0 Å². The smallest absolute Gasteiger partial charge is 0.240 e. The van der Waals surface area contributed by atoms with Crippen molar-refractivity contribution in [1.29, 1.82) is 0 Å². The summed E-state index contributed by atoms with van der Waals surface area (Å²) in [7, 11) is 0. The maximum atomic E-state index is 13.0. The molecule has 0 spiro atoms. The number of carbonyl (C=O) groups is 1. The molecular weight excluding hydrogens is 322 g/mol. The van der Waals surface area contributed by atoms with E-state index in [1.807, 2.05) is 30.0 Å². The maximum absolute atomic E-state index is 13.0. The molecule has 24 heavy (non-hydrogen) atoms. The number of carbonyl (C=O) groups excluding carboxylic acids is 1. The number of nitrogens with two attached hydrogens (primary N) is 1. The van der Waals surface area contributed by atoms with Crippen LogP contribution in [0.2, 0.25) is 0 Å². The van der Waals surface area contributed by atoms with Crippen molar-refractivity contribution >= 4 is 23.4 Å². The van der Waals surface area contributed by atoms with Gasteiger partial charge in [-0.25, -0.2) is 4.68 Å². The van der Waals surface area contributed by atoms with Crippen LogP contribution in [-0.4, -0.2) is 32.1 Å². The molecule has 0 unspecified atom stereocenters. The number of para-hydroxylation sites is 1. The second-order valence-corrected chi connectivity index (χ2v) is 7.94. The molecule has 2 atom stereocenters. The lowest BCUT2D eigenvalue weighted by atomic mass is 10.1. The maximum Gasteiger partial charge on any atom is 0.240 e. The van der Waals surface area contributed by atoms with E-state index < -0.39 is 0 Å². The summed E-state index contributed by atoms with van der Waals surface area (Å²) < 4.78 is 1.55. The van der Waals surface area contributed by atoms with Gasteiger partial charge < -0.3 is 10.7 Å². The van der Waals surface area contributed by atoms with Gasteiger partial charge in [-0.3, -0.25) is 4.79 Å². The lowest BCUT2D eigenvalue weighted by Gasteiger charge is -2.25. The molecule has 1 fully saturated rings. The number of amides is 1. The number of anilines is 1. The molecule has 1 aromatic carbocycles. The quantitative estimate of drug-likeness (QED) is 0.681. The topological polar surface area (TPSA) is 77.0 Å². The highest BCUT2D eigenvalue weighted by Crippen LogP contribution is 2.40. The van der Waals surface area contributed by atoms with E-state index in [9.17, 15) is 4.79 Å². The van der Waals surface area contributed by atoms with Gasteiger partial charge in [-0.1, -0.05) is 30.0 Å². The lowest BCUT2D eigenvalue weighted by Crippen LogP contribution is -2.40. The summed E-state index contributed by atoms with van der Waals surface area (Å²) in [6, 6.07) is 8.29. The number of nitrogens with zero attached hydrogens (tertiary/aromatic N) is 4. The Morgan fingerprint density at radius 1 is 1.33 bits per heavy atom. The molecule has 2 aliphatic rings. The summed E-state index contributed by atoms with van der Waals surface area (Å²) in [5.74, 6) is 7.46. The summed E-state index contributed by atoms with van der Waals surface area (Å²) >= 11 is 1.38. The lowest BCUT2D eigenvalue weighted by molar-refractivity contribution is -0.118. The van der Waals surface area contributed by atoms with Gasteiger partial charge in [0.05, 0.1) is 5.25 Å². The minimum Gasteiger partial charge on any atom is -0.336 e. The molecule has 0 saturated heterocycles. The van der Waals surface area contributed by atoms with Gasteiger partial charge in [0.2, 0.25) is 11.1 Å². The van der Waals surface area contributed by atoms with Crippen LogP contribution in [0.1, 0.15) is 44.0 Å². The first kappa shape index (κ1) is 15.5. The minimum atomic E-state index is -0.267. The molecule has 7 heteroatoms. The molecule has 0 bridgehead atoms. The van der Waals surface area contributed by atoms with E-state index in [-0.39, 0.29) is 17.2 Å². The van der Waals surface area contributed by atoms with Crippen molar-refractivity contribution in [3.05, 3.63) is 35.7 Å². The van der Waals surface area contributed by atoms with Gasteiger partial charge in [0.15, 0.2) is 5.82 Å². The molecule has 2 N–H and O–H groups in total. The molecule has 1 aliphatic heterocycles. The van der Waals surface area contributed by atoms with E-state index >= 15 is 0 Å². The van der Waals surface area contributed by atoms with Crippen LogP contribution in [0, 0.1) is 0 Å².